The van der Waals surface area contributed by atoms with Crippen LogP contribution in [0.15, 0.2) is 23.8 Å². The van der Waals surface area contributed by atoms with E-state index in [1.165, 1.54) is 12.7 Å². The van der Waals surface area contributed by atoms with Gasteiger partial charge in [0.15, 0.2) is 0 Å². The van der Waals surface area contributed by atoms with E-state index >= 15 is 0 Å². The number of hydrogen-bond donors (Lipinski definition) is 1. The van der Waals surface area contributed by atoms with Crippen LogP contribution >= 0.6 is 0 Å². The second-order valence-corrected chi connectivity index (χ2v) is 6.36. The third-order valence-corrected chi connectivity index (χ3v) is 4.89. The molecule has 0 aromatic carbocycles. The smallest absolute Gasteiger partial charge is 0.315 e. The molecule has 1 amide bonds. The number of allylic oxidation sites excluding steroid dienone is 2. The van der Waals surface area contributed by atoms with Crippen molar-refractivity contribution in [3.63, 3.8) is 0 Å². The van der Waals surface area contributed by atoms with E-state index in [0.717, 1.165) is 6.42 Å². The lowest BCUT2D eigenvalue weighted by Crippen LogP contribution is -2.50. The third-order valence-electron chi connectivity index (χ3n) is 4.89. The molecule has 2 bridgehead atoms. The molecule has 3 rings (SSSR count). The van der Waals surface area contributed by atoms with Crippen molar-refractivity contribution in [3.05, 3.63) is 23.8 Å². The zero-order valence-electron chi connectivity index (χ0n) is 12.6. The van der Waals surface area contributed by atoms with Crippen LogP contribution in [0.1, 0.15) is 26.7 Å². The van der Waals surface area contributed by atoms with Crippen LogP contribution < -0.4 is 5.32 Å². The highest BCUT2D eigenvalue weighted by molar-refractivity contribution is 5.93. The molecule has 4 atom stereocenters. The Bertz CT molecular complexity index is 548. The molecule has 2 fully saturated rings. The summed E-state index contributed by atoms with van der Waals surface area (Å²) < 4.78 is 11.1. The van der Waals surface area contributed by atoms with E-state index in [2.05, 4.69) is 11.4 Å². The third kappa shape index (κ3) is 1.80. The molecule has 2 saturated heterocycles. The van der Waals surface area contributed by atoms with E-state index in [4.69, 9.17) is 9.47 Å². The van der Waals surface area contributed by atoms with Crippen molar-refractivity contribution >= 4 is 11.9 Å². The van der Waals surface area contributed by atoms with Crippen molar-refractivity contribution < 1.29 is 19.1 Å². The highest BCUT2D eigenvalue weighted by Crippen LogP contribution is 2.59. The molecule has 0 aromatic rings. The molecule has 1 spiro atoms. The monoisotopic (exact) mass is 291 g/mol. The molecule has 5 nitrogen and oxygen atoms in total. The van der Waals surface area contributed by atoms with E-state index < -0.39 is 16.9 Å². The number of carbonyl (C=O) groups excluding carboxylic acids is 2. The summed E-state index contributed by atoms with van der Waals surface area (Å²) >= 11 is 0. The first-order chi connectivity index (χ1) is 9.96. The number of nitrogens with one attached hydrogen (secondary N) is 1. The zero-order chi connectivity index (χ0) is 15.3. The van der Waals surface area contributed by atoms with Crippen molar-refractivity contribution in [1.29, 1.82) is 0 Å². The summed E-state index contributed by atoms with van der Waals surface area (Å²) in [6.07, 6.45) is 6.84. The largest absolute Gasteiger partial charge is 0.468 e. The van der Waals surface area contributed by atoms with Gasteiger partial charge in [0.2, 0.25) is 5.91 Å². The predicted octanol–water partition coefficient (Wildman–Crippen LogP) is 1.35. The van der Waals surface area contributed by atoms with E-state index in [-0.39, 0.29) is 18.0 Å². The second kappa shape index (κ2) is 4.70. The average molecular weight is 291 g/mol. The van der Waals surface area contributed by atoms with Gasteiger partial charge in [0.25, 0.3) is 0 Å². The Morgan fingerprint density at radius 1 is 1.57 bits per heavy atom. The standard InChI is InChI=1S/C16H21NO4/c1-10(2)5-4-7-16(14(19)20-3)11-6-8-15(21-11)9-17-13(18)12(15)16/h5-6,8,11-12H,4,7,9H2,1-3H3,(H,17,18)/t11-,12+,15-,16-/m1/s1. The minimum Gasteiger partial charge on any atom is -0.468 e. The van der Waals surface area contributed by atoms with Crippen LogP contribution in [0.25, 0.3) is 0 Å². The summed E-state index contributed by atoms with van der Waals surface area (Å²) in [6, 6.07) is 0. The molecule has 3 aliphatic rings. The van der Waals surface area contributed by atoms with Gasteiger partial charge >= 0.3 is 5.97 Å². The SMILES string of the molecule is COC(=O)[C@@]1(CCC=C(C)C)[C@H]2C(=O)NC[C@]23C=C[C@H]1O3. The van der Waals surface area contributed by atoms with Crippen LogP contribution in [0.3, 0.4) is 0 Å². The normalized spacial score (nSPS) is 39.1. The van der Waals surface area contributed by atoms with Gasteiger partial charge < -0.3 is 14.8 Å². The lowest BCUT2D eigenvalue weighted by Gasteiger charge is -2.35. The van der Waals surface area contributed by atoms with Gasteiger partial charge in [-0.1, -0.05) is 23.8 Å². The fourth-order valence-electron chi connectivity index (χ4n) is 4.00. The molecule has 114 valence electrons. The molecular formula is C16H21NO4. The number of amides is 1. The van der Waals surface area contributed by atoms with Crippen LogP contribution in [0, 0.1) is 11.3 Å². The first-order valence-corrected chi connectivity index (χ1v) is 7.33. The molecule has 3 aliphatic heterocycles. The quantitative estimate of drug-likeness (QED) is 0.627. The molecule has 0 unspecified atom stereocenters. The summed E-state index contributed by atoms with van der Waals surface area (Å²) in [6.45, 7) is 4.47. The Hall–Kier alpha value is -1.62. The maximum Gasteiger partial charge on any atom is 0.315 e. The molecule has 0 aromatic heterocycles. The minimum atomic E-state index is -0.907. The number of rotatable bonds is 4. The fourth-order valence-corrected chi connectivity index (χ4v) is 4.00. The van der Waals surface area contributed by atoms with Crippen LogP contribution in [0.2, 0.25) is 0 Å². The summed E-state index contributed by atoms with van der Waals surface area (Å²) in [5, 5.41) is 2.83. The Morgan fingerprint density at radius 3 is 3.00 bits per heavy atom. The number of fused-ring (bicyclic) bond motifs is 1. The molecule has 0 radical (unpaired) electrons. The van der Waals surface area contributed by atoms with Gasteiger partial charge in [-0.25, -0.2) is 0 Å². The average Bonchev–Trinajstić information content (AvgIpc) is 3.08. The number of esters is 1. The van der Waals surface area contributed by atoms with Crippen LogP contribution in [0.4, 0.5) is 0 Å². The van der Waals surface area contributed by atoms with Gasteiger partial charge in [-0.3, -0.25) is 9.59 Å². The number of methoxy groups -OCH3 is 1. The molecule has 3 heterocycles. The predicted molar refractivity (Wildman–Crippen MR) is 76.4 cm³/mol. The summed E-state index contributed by atoms with van der Waals surface area (Å²) in [7, 11) is 1.38. The summed E-state index contributed by atoms with van der Waals surface area (Å²) in [4.78, 5) is 24.9. The maximum absolute atomic E-state index is 12.5. The lowest BCUT2D eigenvalue weighted by atomic mass is 9.63. The number of hydrogen-bond acceptors (Lipinski definition) is 4. The van der Waals surface area contributed by atoms with E-state index in [1.54, 1.807) is 0 Å². The molecule has 5 heteroatoms. The van der Waals surface area contributed by atoms with Gasteiger partial charge in [0.05, 0.1) is 25.7 Å². The minimum absolute atomic E-state index is 0.107. The van der Waals surface area contributed by atoms with Gasteiger partial charge in [-0.05, 0) is 26.7 Å². The van der Waals surface area contributed by atoms with Crippen LogP contribution in [0.5, 0.6) is 0 Å². The van der Waals surface area contributed by atoms with Gasteiger partial charge in [0.1, 0.15) is 11.0 Å². The van der Waals surface area contributed by atoms with E-state index in [9.17, 15) is 9.59 Å². The first kappa shape index (κ1) is 14.3. The van der Waals surface area contributed by atoms with Crippen molar-refractivity contribution in [2.45, 2.75) is 38.4 Å². The van der Waals surface area contributed by atoms with E-state index in [0.29, 0.717) is 13.0 Å². The summed E-state index contributed by atoms with van der Waals surface area (Å²) in [5.74, 6) is -0.939. The number of ether oxygens (including phenoxy) is 2. The van der Waals surface area contributed by atoms with Crippen molar-refractivity contribution in [1.82, 2.24) is 5.32 Å². The first-order valence-electron chi connectivity index (χ1n) is 7.33. The Kier molecular flexibility index (Phi) is 3.20. The maximum atomic E-state index is 12.5. The number of carbonyl (C=O) groups is 2. The highest BCUT2D eigenvalue weighted by Gasteiger charge is 2.73. The van der Waals surface area contributed by atoms with Crippen molar-refractivity contribution in [2.75, 3.05) is 13.7 Å². The van der Waals surface area contributed by atoms with Gasteiger partial charge in [0, 0.05) is 0 Å². The van der Waals surface area contributed by atoms with Gasteiger partial charge in [-0.2, -0.15) is 0 Å². The fraction of sp³-hybridized carbons (Fsp3) is 0.625. The lowest BCUT2D eigenvalue weighted by molar-refractivity contribution is -0.160. The van der Waals surface area contributed by atoms with Crippen molar-refractivity contribution in [3.8, 4) is 0 Å². The van der Waals surface area contributed by atoms with Gasteiger partial charge in [-0.15, -0.1) is 0 Å². The molecule has 21 heavy (non-hydrogen) atoms. The Morgan fingerprint density at radius 2 is 2.33 bits per heavy atom. The summed E-state index contributed by atoms with van der Waals surface area (Å²) in [5.41, 5.74) is -0.378. The van der Waals surface area contributed by atoms with Crippen molar-refractivity contribution in [2.24, 2.45) is 11.3 Å². The molecular weight excluding hydrogens is 270 g/mol. The zero-order valence-corrected chi connectivity index (χ0v) is 12.6. The van der Waals surface area contributed by atoms with Crippen LogP contribution in [-0.4, -0.2) is 37.2 Å². The Labute approximate surface area is 124 Å². The highest BCUT2D eigenvalue weighted by atomic mass is 16.5. The van der Waals surface area contributed by atoms with E-state index in [1.807, 2.05) is 26.0 Å². The molecule has 1 N–H and O–H groups in total. The molecule has 0 saturated carbocycles. The Balaban J connectivity index is 2.00. The second-order valence-electron chi connectivity index (χ2n) is 6.36. The molecule has 0 aliphatic carbocycles. The van der Waals surface area contributed by atoms with Crippen LogP contribution in [-0.2, 0) is 19.1 Å². The topological polar surface area (TPSA) is 64.6 Å².